The lowest BCUT2D eigenvalue weighted by Crippen LogP contribution is -2.11. The fraction of sp³-hybridized carbons (Fsp3) is 1.00. The lowest BCUT2D eigenvalue weighted by molar-refractivity contribution is 0.0414. The van der Waals surface area contributed by atoms with Gasteiger partial charge >= 0.3 is 0 Å². The standard InChI is InChI=1S/C7H14O2/c1-6(2)3-7-4-8-5-9-7/h6-7H,3-5H2,1-2H3. The summed E-state index contributed by atoms with van der Waals surface area (Å²) in [7, 11) is 0. The quantitative estimate of drug-likeness (QED) is 0.562. The zero-order valence-electron chi connectivity index (χ0n) is 6.09. The maximum absolute atomic E-state index is 5.24. The minimum atomic E-state index is 0.366. The third kappa shape index (κ3) is 2.33. The Bertz CT molecular complexity index is 75.0. The van der Waals surface area contributed by atoms with E-state index in [2.05, 4.69) is 13.8 Å². The van der Waals surface area contributed by atoms with Crippen LogP contribution in [-0.2, 0) is 9.47 Å². The molecule has 1 unspecified atom stereocenters. The fourth-order valence-corrected chi connectivity index (χ4v) is 1.03. The Labute approximate surface area is 56.2 Å². The zero-order chi connectivity index (χ0) is 6.69. The fourth-order valence-electron chi connectivity index (χ4n) is 1.03. The first-order valence-corrected chi connectivity index (χ1v) is 3.48. The summed E-state index contributed by atoms with van der Waals surface area (Å²) in [6.45, 7) is 5.68. The molecule has 2 nitrogen and oxygen atoms in total. The van der Waals surface area contributed by atoms with E-state index in [1.807, 2.05) is 0 Å². The molecule has 0 aromatic rings. The van der Waals surface area contributed by atoms with Gasteiger partial charge in [0.1, 0.15) is 6.79 Å². The van der Waals surface area contributed by atoms with Crippen molar-refractivity contribution in [2.24, 2.45) is 5.92 Å². The molecule has 0 N–H and O–H groups in total. The topological polar surface area (TPSA) is 18.5 Å². The SMILES string of the molecule is CC(C)CC1COCO1. The number of hydrogen-bond acceptors (Lipinski definition) is 2. The van der Waals surface area contributed by atoms with E-state index in [4.69, 9.17) is 9.47 Å². The summed E-state index contributed by atoms with van der Waals surface area (Å²) in [4.78, 5) is 0. The monoisotopic (exact) mass is 130 g/mol. The molecule has 0 saturated carbocycles. The maximum atomic E-state index is 5.24. The van der Waals surface area contributed by atoms with E-state index in [1.165, 1.54) is 0 Å². The van der Waals surface area contributed by atoms with E-state index in [0.29, 0.717) is 12.9 Å². The second kappa shape index (κ2) is 3.18. The van der Waals surface area contributed by atoms with E-state index in [-0.39, 0.29) is 0 Å². The summed E-state index contributed by atoms with van der Waals surface area (Å²) >= 11 is 0. The summed E-state index contributed by atoms with van der Waals surface area (Å²) in [5.74, 6) is 0.719. The number of hydrogen-bond donors (Lipinski definition) is 0. The molecular weight excluding hydrogens is 116 g/mol. The van der Waals surface area contributed by atoms with Crippen LogP contribution in [0.25, 0.3) is 0 Å². The summed E-state index contributed by atoms with van der Waals surface area (Å²) in [6.07, 6.45) is 1.49. The minimum absolute atomic E-state index is 0.366. The normalized spacial score (nSPS) is 27.7. The summed E-state index contributed by atoms with van der Waals surface area (Å²) in [5, 5.41) is 0. The lowest BCUT2D eigenvalue weighted by atomic mass is 10.1. The first-order chi connectivity index (χ1) is 4.29. The van der Waals surface area contributed by atoms with E-state index >= 15 is 0 Å². The largest absolute Gasteiger partial charge is 0.353 e. The molecule has 0 radical (unpaired) electrons. The molecular formula is C7H14O2. The van der Waals surface area contributed by atoms with Crippen molar-refractivity contribution in [2.75, 3.05) is 13.4 Å². The number of ether oxygens (including phenoxy) is 2. The molecule has 1 aliphatic rings. The third-order valence-electron chi connectivity index (χ3n) is 1.43. The lowest BCUT2D eigenvalue weighted by Gasteiger charge is -2.08. The molecule has 0 spiro atoms. The average Bonchev–Trinajstić information content (AvgIpc) is 2.15. The van der Waals surface area contributed by atoms with Crippen LogP contribution in [0.4, 0.5) is 0 Å². The van der Waals surface area contributed by atoms with Crippen molar-refractivity contribution in [3.63, 3.8) is 0 Å². The van der Waals surface area contributed by atoms with Gasteiger partial charge < -0.3 is 9.47 Å². The Hall–Kier alpha value is -0.0800. The summed E-state index contributed by atoms with van der Waals surface area (Å²) < 4.78 is 10.3. The highest BCUT2D eigenvalue weighted by Crippen LogP contribution is 2.12. The average molecular weight is 130 g/mol. The van der Waals surface area contributed by atoms with Crippen molar-refractivity contribution in [1.29, 1.82) is 0 Å². The van der Waals surface area contributed by atoms with Gasteiger partial charge in [0.25, 0.3) is 0 Å². The van der Waals surface area contributed by atoms with Crippen LogP contribution in [-0.4, -0.2) is 19.5 Å². The van der Waals surface area contributed by atoms with Gasteiger partial charge in [-0.2, -0.15) is 0 Å². The van der Waals surface area contributed by atoms with Gasteiger partial charge in [0.2, 0.25) is 0 Å². The minimum Gasteiger partial charge on any atom is -0.353 e. The maximum Gasteiger partial charge on any atom is 0.147 e. The number of rotatable bonds is 2. The van der Waals surface area contributed by atoms with Crippen molar-refractivity contribution in [3.05, 3.63) is 0 Å². The van der Waals surface area contributed by atoms with E-state index in [1.54, 1.807) is 0 Å². The molecule has 0 amide bonds. The zero-order valence-corrected chi connectivity index (χ0v) is 6.09. The molecule has 1 aliphatic heterocycles. The summed E-state index contributed by atoms with van der Waals surface area (Å²) in [5.41, 5.74) is 0. The van der Waals surface area contributed by atoms with Gasteiger partial charge in [-0.3, -0.25) is 0 Å². The first-order valence-electron chi connectivity index (χ1n) is 3.48. The van der Waals surface area contributed by atoms with E-state index < -0.39 is 0 Å². The predicted octanol–water partition coefficient (Wildman–Crippen LogP) is 1.41. The van der Waals surface area contributed by atoms with Gasteiger partial charge in [0, 0.05) is 0 Å². The molecule has 1 heterocycles. The van der Waals surface area contributed by atoms with Gasteiger partial charge in [-0.1, -0.05) is 13.8 Å². The molecule has 1 saturated heterocycles. The third-order valence-corrected chi connectivity index (χ3v) is 1.43. The highest BCUT2D eigenvalue weighted by atomic mass is 16.7. The molecule has 0 aromatic carbocycles. The highest BCUT2D eigenvalue weighted by molar-refractivity contribution is 4.61. The van der Waals surface area contributed by atoms with Gasteiger partial charge in [-0.25, -0.2) is 0 Å². The Morgan fingerprint density at radius 1 is 1.56 bits per heavy atom. The second-order valence-electron chi connectivity index (χ2n) is 2.91. The first kappa shape index (κ1) is 7.03. The van der Waals surface area contributed by atoms with Crippen LogP contribution < -0.4 is 0 Å². The molecule has 0 aliphatic carbocycles. The molecule has 1 atom stereocenters. The van der Waals surface area contributed by atoms with Crippen LogP contribution in [0.1, 0.15) is 20.3 Å². The van der Waals surface area contributed by atoms with Crippen molar-refractivity contribution < 1.29 is 9.47 Å². The van der Waals surface area contributed by atoms with E-state index in [0.717, 1.165) is 18.9 Å². The van der Waals surface area contributed by atoms with Gasteiger partial charge in [0.15, 0.2) is 0 Å². The Balaban J connectivity index is 2.11. The van der Waals surface area contributed by atoms with Crippen LogP contribution in [0.3, 0.4) is 0 Å². The van der Waals surface area contributed by atoms with Gasteiger partial charge in [0.05, 0.1) is 12.7 Å². The van der Waals surface area contributed by atoms with Crippen molar-refractivity contribution >= 4 is 0 Å². The van der Waals surface area contributed by atoms with Crippen LogP contribution >= 0.6 is 0 Å². The van der Waals surface area contributed by atoms with Crippen molar-refractivity contribution in [2.45, 2.75) is 26.4 Å². The molecule has 9 heavy (non-hydrogen) atoms. The van der Waals surface area contributed by atoms with Crippen molar-refractivity contribution in [3.8, 4) is 0 Å². The van der Waals surface area contributed by atoms with E-state index in [9.17, 15) is 0 Å². The van der Waals surface area contributed by atoms with Crippen LogP contribution in [0.5, 0.6) is 0 Å². The van der Waals surface area contributed by atoms with Crippen LogP contribution in [0, 0.1) is 5.92 Å². The molecule has 1 rings (SSSR count). The van der Waals surface area contributed by atoms with Gasteiger partial charge in [-0.15, -0.1) is 0 Å². The summed E-state index contributed by atoms with van der Waals surface area (Å²) in [6, 6.07) is 0. The molecule has 54 valence electrons. The molecule has 0 aromatic heterocycles. The van der Waals surface area contributed by atoms with Crippen molar-refractivity contribution in [1.82, 2.24) is 0 Å². The predicted molar refractivity (Wildman–Crippen MR) is 35.1 cm³/mol. The molecule has 1 fully saturated rings. The Kier molecular flexibility index (Phi) is 2.49. The molecule has 2 heteroatoms. The second-order valence-corrected chi connectivity index (χ2v) is 2.91. The Morgan fingerprint density at radius 2 is 2.33 bits per heavy atom. The smallest absolute Gasteiger partial charge is 0.147 e. The van der Waals surface area contributed by atoms with Crippen LogP contribution in [0.15, 0.2) is 0 Å². The van der Waals surface area contributed by atoms with Gasteiger partial charge in [-0.05, 0) is 12.3 Å². The van der Waals surface area contributed by atoms with Crippen LogP contribution in [0.2, 0.25) is 0 Å². The molecule has 0 bridgehead atoms. The Morgan fingerprint density at radius 3 is 2.78 bits per heavy atom. The highest BCUT2D eigenvalue weighted by Gasteiger charge is 2.16.